The summed E-state index contributed by atoms with van der Waals surface area (Å²) in [4.78, 5) is 38.3. The van der Waals surface area contributed by atoms with Crippen molar-refractivity contribution in [3.63, 3.8) is 0 Å². The fourth-order valence-electron chi connectivity index (χ4n) is 2.88. The molecule has 8 heteroatoms. The molecule has 0 saturated heterocycles. The third-order valence-electron chi connectivity index (χ3n) is 4.40. The molecule has 1 aliphatic heterocycles. The molecule has 0 aromatic heterocycles. The van der Waals surface area contributed by atoms with Crippen molar-refractivity contribution < 1.29 is 23.9 Å². The number of nitrogens with zero attached hydrogens (tertiary/aromatic N) is 1. The Balaban J connectivity index is 1.54. The van der Waals surface area contributed by atoms with Crippen LogP contribution >= 0.6 is 11.6 Å². The van der Waals surface area contributed by atoms with Gasteiger partial charge in [-0.25, -0.2) is 0 Å². The minimum Gasteiger partial charge on any atom is -0.479 e. The van der Waals surface area contributed by atoms with Gasteiger partial charge in [0.05, 0.1) is 12.1 Å². The van der Waals surface area contributed by atoms with Crippen LogP contribution in [0.5, 0.6) is 5.75 Å². The molecular weight excluding hydrogens is 396 g/mol. The molecule has 7 nitrogen and oxygen atoms in total. The maximum Gasteiger partial charge on any atom is 0.308 e. The van der Waals surface area contributed by atoms with Gasteiger partial charge in [-0.2, -0.15) is 0 Å². The van der Waals surface area contributed by atoms with E-state index in [1.807, 2.05) is 6.07 Å². The highest BCUT2D eigenvalue weighted by Gasteiger charge is 2.31. The van der Waals surface area contributed by atoms with Crippen molar-refractivity contribution in [1.29, 1.82) is 0 Å². The van der Waals surface area contributed by atoms with Crippen molar-refractivity contribution in [3.8, 4) is 5.75 Å². The molecule has 1 aliphatic rings. The van der Waals surface area contributed by atoms with Crippen LogP contribution in [0, 0.1) is 0 Å². The third-order valence-corrected chi connectivity index (χ3v) is 4.65. The maximum atomic E-state index is 12.4. The van der Waals surface area contributed by atoms with Gasteiger partial charge in [0.1, 0.15) is 5.75 Å². The predicted molar refractivity (Wildman–Crippen MR) is 109 cm³/mol. The van der Waals surface area contributed by atoms with Crippen molar-refractivity contribution in [2.45, 2.75) is 32.5 Å². The van der Waals surface area contributed by atoms with E-state index in [0.29, 0.717) is 22.1 Å². The van der Waals surface area contributed by atoms with Gasteiger partial charge in [0, 0.05) is 17.3 Å². The molecule has 152 valence electrons. The summed E-state index contributed by atoms with van der Waals surface area (Å²) in [7, 11) is 0. The minimum absolute atomic E-state index is 0.0502. The normalized spacial score (nSPS) is 16.4. The van der Waals surface area contributed by atoms with E-state index in [-0.39, 0.29) is 18.9 Å². The van der Waals surface area contributed by atoms with E-state index < -0.39 is 24.1 Å². The average Bonchev–Trinajstić information content (AvgIpc) is 2.70. The number of carbonyl (C=O) groups is 3. The number of fused-ring (bicyclic) bond motifs is 1. The van der Waals surface area contributed by atoms with E-state index in [4.69, 9.17) is 21.1 Å². The lowest BCUT2D eigenvalue weighted by molar-refractivity contribution is -0.153. The standard InChI is InChI=1S/C21H21ClN2O5/c1-13(20(26)23-16-9-7-15(22)8-10-16)29-19(25)11-12-24-17-5-3-4-6-18(17)28-14(2)21(24)27/h3-10,13-14H,11-12H2,1-2H3,(H,23,26). The van der Waals surface area contributed by atoms with Gasteiger partial charge in [-0.3, -0.25) is 14.4 Å². The van der Waals surface area contributed by atoms with Crippen LogP contribution in [0.2, 0.25) is 5.02 Å². The lowest BCUT2D eigenvalue weighted by Gasteiger charge is -2.32. The Morgan fingerprint density at radius 2 is 1.90 bits per heavy atom. The summed E-state index contributed by atoms with van der Waals surface area (Å²) in [5, 5.41) is 3.20. The minimum atomic E-state index is -0.982. The molecule has 0 spiro atoms. The number of ether oxygens (including phenoxy) is 2. The Kier molecular flexibility index (Phi) is 6.39. The van der Waals surface area contributed by atoms with E-state index in [9.17, 15) is 14.4 Å². The number of rotatable bonds is 6. The molecule has 2 amide bonds. The number of para-hydroxylation sites is 2. The first-order chi connectivity index (χ1) is 13.8. The summed E-state index contributed by atoms with van der Waals surface area (Å²) in [6, 6.07) is 13.7. The molecule has 0 aliphatic carbocycles. The van der Waals surface area contributed by atoms with E-state index in [1.54, 1.807) is 49.4 Å². The van der Waals surface area contributed by atoms with Crippen molar-refractivity contribution in [1.82, 2.24) is 0 Å². The van der Waals surface area contributed by atoms with E-state index in [1.165, 1.54) is 11.8 Å². The van der Waals surface area contributed by atoms with Gasteiger partial charge >= 0.3 is 5.97 Å². The van der Waals surface area contributed by atoms with Gasteiger partial charge in [0.2, 0.25) is 0 Å². The number of halogens is 1. The molecule has 29 heavy (non-hydrogen) atoms. The summed E-state index contributed by atoms with van der Waals surface area (Å²) in [6.45, 7) is 3.28. The molecule has 0 radical (unpaired) electrons. The number of hydrogen-bond acceptors (Lipinski definition) is 5. The van der Waals surface area contributed by atoms with Crippen molar-refractivity contribution in [3.05, 3.63) is 53.6 Å². The van der Waals surface area contributed by atoms with Crippen LogP contribution in [0.3, 0.4) is 0 Å². The molecule has 0 fully saturated rings. The molecule has 3 rings (SSSR count). The van der Waals surface area contributed by atoms with Crippen LogP contribution in [0.15, 0.2) is 48.5 Å². The molecule has 2 atom stereocenters. The second-order valence-electron chi connectivity index (χ2n) is 6.60. The maximum absolute atomic E-state index is 12.4. The van der Waals surface area contributed by atoms with Crippen LogP contribution in [-0.2, 0) is 19.1 Å². The fourth-order valence-corrected chi connectivity index (χ4v) is 3.01. The zero-order valence-corrected chi connectivity index (χ0v) is 16.8. The van der Waals surface area contributed by atoms with Crippen LogP contribution in [0.25, 0.3) is 0 Å². The van der Waals surface area contributed by atoms with Crippen LogP contribution in [0.1, 0.15) is 20.3 Å². The van der Waals surface area contributed by atoms with Crippen LogP contribution in [0.4, 0.5) is 11.4 Å². The number of esters is 1. The van der Waals surface area contributed by atoms with Crippen molar-refractivity contribution >= 4 is 40.8 Å². The van der Waals surface area contributed by atoms with Gasteiger partial charge in [0.25, 0.3) is 11.8 Å². The van der Waals surface area contributed by atoms with E-state index >= 15 is 0 Å². The van der Waals surface area contributed by atoms with Gasteiger partial charge in [0.15, 0.2) is 12.2 Å². The Morgan fingerprint density at radius 1 is 1.21 bits per heavy atom. The Bertz CT molecular complexity index is 916. The number of hydrogen-bond donors (Lipinski definition) is 1. The lowest BCUT2D eigenvalue weighted by atomic mass is 10.2. The molecule has 2 aromatic rings. The molecule has 0 bridgehead atoms. The predicted octanol–water partition coefficient (Wildman–Crippen LogP) is 3.41. The van der Waals surface area contributed by atoms with Gasteiger partial charge in [-0.05, 0) is 50.2 Å². The smallest absolute Gasteiger partial charge is 0.308 e. The van der Waals surface area contributed by atoms with Crippen molar-refractivity contribution in [2.24, 2.45) is 0 Å². The molecule has 0 saturated carbocycles. The van der Waals surface area contributed by atoms with Crippen molar-refractivity contribution in [2.75, 3.05) is 16.8 Å². The largest absolute Gasteiger partial charge is 0.479 e. The highest BCUT2D eigenvalue weighted by Crippen LogP contribution is 2.33. The molecule has 2 aromatic carbocycles. The summed E-state index contributed by atoms with van der Waals surface area (Å²) < 4.78 is 10.8. The second kappa shape index (κ2) is 8.96. The Morgan fingerprint density at radius 3 is 2.62 bits per heavy atom. The third kappa shape index (κ3) is 5.06. The zero-order chi connectivity index (χ0) is 21.0. The average molecular weight is 417 g/mol. The highest BCUT2D eigenvalue weighted by molar-refractivity contribution is 6.30. The van der Waals surface area contributed by atoms with Crippen LogP contribution in [-0.4, -0.2) is 36.5 Å². The Hall–Kier alpha value is -3.06. The fraction of sp³-hybridized carbons (Fsp3) is 0.286. The Labute approximate surface area is 173 Å². The molecular formula is C21H21ClN2O5. The van der Waals surface area contributed by atoms with Gasteiger partial charge in [-0.15, -0.1) is 0 Å². The van der Waals surface area contributed by atoms with Gasteiger partial charge < -0.3 is 19.7 Å². The number of amides is 2. The number of nitrogens with one attached hydrogen (secondary N) is 1. The number of anilines is 2. The van der Waals surface area contributed by atoms with Crippen LogP contribution < -0.4 is 15.0 Å². The van der Waals surface area contributed by atoms with E-state index in [0.717, 1.165) is 0 Å². The number of carbonyl (C=O) groups excluding carboxylic acids is 3. The first-order valence-electron chi connectivity index (χ1n) is 9.18. The first-order valence-corrected chi connectivity index (χ1v) is 9.56. The van der Waals surface area contributed by atoms with E-state index in [2.05, 4.69) is 5.32 Å². The first kappa shape index (κ1) is 20.7. The molecule has 1 heterocycles. The summed E-state index contributed by atoms with van der Waals surface area (Å²) >= 11 is 5.81. The number of benzene rings is 2. The quantitative estimate of drug-likeness (QED) is 0.729. The SMILES string of the molecule is CC(OC(=O)CCN1C(=O)C(C)Oc2ccccc21)C(=O)Nc1ccc(Cl)cc1. The second-order valence-corrected chi connectivity index (χ2v) is 7.03. The topological polar surface area (TPSA) is 84.9 Å². The lowest BCUT2D eigenvalue weighted by Crippen LogP contribution is -2.45. The molecule has 1 N–H and O–H groups in total. The monoisotopic (exact) mass is 416 g/mol. The summed E-state index contributed by atoms with van der Waals surface area (Å²) in [5.74, 6) is -0.677. The zero-order valence-electron chi connectivity index (χ0n) is 16.1. The summed E-state index contributed by atoms with van der Waals surface area (Å²) in [6.07, 6.45) is -1.67. The van der Waals surface area contributed by atoms with Gasteiger partial charge in [-0.1, -0.05) is 23.7 Å². The highest BCUT2D eigenvalue weighted by atomic mass is 35.5. The molecule has 2 unspecified atom stereocenters. The summed E-state index contributed by atoms with van der Waals surface area (Å²) in [5.41, 5.74) is 1.16.